The third-order valence-corrected chi connectivity index (χ3v) is 3.89. The molecule has 4 aromatic rings. The van der Waals surface area contributed by atoms with Crippen LogP contribution in [0.2, 0.25) is 0 Å². The summed E-state index contributed by atoms with van der Waals surface area (Å²) in [6.07, 6.45) is 3.69. The number of aromatic nitrogens is 4. The number of aromatic amines is 1. The first kappa shape index (κ1) is 15.8. The summed E-state index contributed by atoms with van der Waals surface area (Å²) in [4.78, 5) is 35.1. The molecule has 7 heteroatoms. The zero-order chi connectivity index (χ0) is 18.1. The molecule has 0 spiro atoms. The molecule has 3 aromatic heterocycles. The number of anilines is 1. The molecule has 0 fully saturated rings. The highest BCUT2D eigenvalue weighted by Crippen LogP contribution is 2.19. The number of hydrogen-bond donors (Lipinski definition) is 2. The molecule has 0 aliphatic rings. The van der Waals surface area contributed by atoms with Crippen LogP contribution in [0.15, 0.2) is 65.7 Å². The molecule has 0 saturated carbocycles. The number of amides is 1. The average molecular weight is 345 g/mol. The van der Waals surface area contributed by atoms with E-state index in [2.05, 4.69) is 20.3 Å². The van der Waals surface area contributed by atoms with Crippen LogP contribution in [0.25, 0.3) is 16.9 Å². The summed E-state index contributed by atoms with van der Waals surface area (Å²) in [5, 5.41) is 2.64. The standard InChI is InChI=1S/C19H15N5O2/c1-12-20-16(10-18(25)21-12)23-19(26)14-7-8-24-11-15(22-17(24)9-14)13-5-3-2-4-6-13/h2-11H,1H3,(H2,20,21,23,25,26). The molecule has 0 saturated heterocycles. The van der Waals surface area contributed by atoms with Gasteiger partial charge in [-0.1, -0.05) is 30.3 Å². The summed E-state index contributed by atoms with van der Waals surface area (Å²) >= 11 is 0. The van der Waals surface area contributed by atoms with Crippen molar-refractivity contribution in [1.29, 1.82) is 0 Å². The second kappa shape index (κ2) is 6.29. The van der Waals surface area contributed by atoms with Crippen molar-refractivity contribution in [3.05, 3.63) is 82.7 Å². The molecule has 0 aliphatic heterocycles. The van der Waals surface area contributed by atoms with Gasteiger partial charge in [0.15, 0.2) is 0 Å². The van der Waals surface area contributed by atoms with E-state index in [1.807, 2.05) is 40.9 Å². The summed E-state index contributed by atoms with van der Waals surface area (Å²) in [6.45, 7) is 1.65. The van der Waals surface area contributed by atoms with E-state index in [1.165, 1.54) is 6.07 Å². The maximum absolute atomic E-state index is 12.5. The topological polar surface area (TPSA) is 92.2 Å². The molecular formula is C19H15N5O2. The normalized spacial score (nSPS) is 10.8. The van der Waals surface area contributed by atoms with Gasteiger partial charge in [-0.3, -0.25) is 9.59 Å². The zero-order valence-corrected chi connectivity index (χ0v) is 13.9. The predicted octanol–water partition coefficient (Wildman–Crippen LogP) is 2.65. The Labute approximate surface area is 148 Å². The second-order valence-electron chi connectivity index (χ2n) is 5.84. The number of imidazole rings is 1. The molecule has 26 heavy (non-hydrogen) atoms. The van der Waals surface area contributed by atoms with Crippen molar-refractivity contribution < 1.29 is 4.79 Å². The fraction of sp³-hybridized carbons (Fsp3) is 0.0526. The molecule has 0 bridgehead atoms. The first-order valence-electron chi connectivity index (χ1n) is 8.02. The summed E-state index contributed by atoms with van der Waals surface area (Å²) in [7, 11) is 0. The van der Waals surface area contributed by atoms with E-state index in [4.69, 9.17) is 0 Å². The van der Waals surface area contributed by atoms with Crippen LogP contribution in [-0.4, -0.2) is 25.3 Å². The van der Waals surface area contributed by atoms with E-state index in [-0.39, 0.29) is 17.3 Å². The Kier molecular flexibility index (Phi) is 3.81. The molecule has 1 aromatic carbocycles. The fourth-order valence-electron chi connectivity index (χ4n) is 2.70. The van der Waals surface area contributed by atoms with Gasteiger partial charge in [0, 0.05) is 29.6 Å². The van der Waals surface area contributed by atoms with Crippen molar-refractivity contribution in [2.45, 2.75) is 6.92 Å². The van der Waals surface area contributed by atoms with Crippen molar-refractivity contribution in [1.82, 2.24) is 19.4 Å². The van der Waals surface area contributed by atoms with Gasteiger partial charge in [0.2, 0.25) is 0 Å². The molecule has 1 amide bonds. The summed E-state index contributed by atoms with van der Waals surface area (Å²) < 4.78 is 1.86. The summed E-state index contributed by atoms with van der Waals surface area (Å²) in [5.41, 5.74) is 2.61. The van der Waals surface area contributed by atoms with Gasteiger partial charge < -0.3 is 14.7 Å². The Hall–Kier alpha value is -3.74. The van der Waals surface area contributed by atoms with Crippen LogP contribution in [0.4, 0.5) is 5.82 Å². The number of carbonyl (C=O) groups is 1. The number of nitrogens with zero attached hydrogens (tertiary/aromatic N) is 3. The zero-order valence-electron chi connectivity index (χ0n) is 13.9. The number of fused-ring (bicyclic) bond motifs is 1. The SMILES string of the molecule is Cc1nc(NC(=O)c2ccn3cc(-c4ccccc4)nc3c2)cc(=O)[nH]1. The summed E-state index contributed by atoms with van der Waals surface area (Å²) in [6, 6.07) is 14.5. The molecule has 4 rings (SSSR count). The fourth-order valence-corrected chi connectivity index (χ4v) is 2.70. The van der Waals surface area contributed by atoms with Crippen molar-refractivity contribution in [2.75, 3.05) is 5.32 Å². The van der Waals surface area contributed by atoms with Crippen LogP contribution in [0, 0.1) is 6.92 Å². The maximum atomic E-state index is 12.5. The lowest BCUT2D eigenvalue weighted by Gasteiger charge is -2.05. The molecule has 3 heterocycles. The monoisotopic (exact) mass is 345 g/mol. The van der Waals surface area contributed by atoms with E-state index in [0.717, 1.165) is 11.3 Å². The molecule has 0 aliphatic carbocycles. The van der Waals surface area contributed by atoms with E-state index >= 15 is 0 Å². The van der Waals surface area contributed by atoms with Gasteiger partial charge >= 0.3 is 0 Å². The van der Waals surface area contributed by atoms with Gasteiger partial charge in [-0.25, -0.2) is 9.97 Å². The average Bonchev–Trinajstić information content (AvgIpc) is 3.05. The minimum absolute atomic E-state index is 0.212. The quantitative estimate of drug-likeness (QED) is 0.597. The lowest BCUT2D eigenvalue weighted by molar-refractivity contribution is 0.102. The minimum Gasteiger partial charge on any atom is -0.311 e. The minimum atomic E-state index is -0.353. The number of rotatable bonds is 3. The smallest absolute Gasteiger partial charge is 0.257 e. The van der Waals surface area contributed by atoms with Crippen LogP contribution >= 0.6 is 0 Å². The Morgan fingerprint density at radius 1 is 1.12 bits per heavy atom. The Morgan fingerprint density at radius 2 is 1.92 bits per heavy atom. The number of aryl methyl sites for hydroxylation is 1. The molecule has 0 atom stereocenters. The third kappa shape index (κ3) is 3.10. The molecule has 128 valence electrons. The first-order valence-corrected chi connectivity index (χ1v) is 8.02. The van der Waals surface area contributed by atoms with Crippen LogP contribution in [0.3, 0.4) is 0 Å². The highest BCUT2D eigenvalue weighted by molar-refractivity contribution is 6.04. The lowest BCUT2D eigenvalue weighted by atomic mass is 10.2. The highest BCUT2D eigenvalue weighted by atomic mass is 16.2. The van der Waals surface area contributed by atoms with Crippen LogP contribution < -0.4 is 10.9 Å². The highest BCUT2D eigenvalue weighted by Gasteiger charge is 2.11. The van der Waals surface area contributed by atoms with E-state index < -0.39 is 0 Å². The molecule has 2 N–H and O–H groups in total. The number of hydrogen-bond acceptors (Lipinski definition) is 4. The van der Waals surface area contributed by atoms with Gasteiger partial charge in [-0.05, 0) is 19.1 Å². The third-order valence-electron chi connectivity index (χ3n) is 3.89. The van der Waals surface area contributed by atoms with Crippen LogP contribution in [0.5, 0.6) is 0 Å². The van der Waals surface area contributed by atoms with Gasteiger partial charge in [-0.15, -0.1) is 0 Å². The van der Waals surface area contributed by atoms with Crippen molar-refractivity contribution in [3.63, 3.8) is 0 Å². The second-order valence-corrected chi connectivity index (χ2v) is 5.84. The van der Waals surface area contributed by atoms with Gasteiger partial charge in [0.1, 0.15) is 17.3 Å². The van der Waals surface area contributed by atoms with Crippen molar-refractivity contribution in [3.8, 4) is 11.3 Å². The van der Waals surface area contributed by atoms with E-state index in [0.29, 0.717) is 17.0 Å². The van der Waals surface area contributed by atoms with Gasteiger partial charge in [-0.2, -0.15) is 0 Å². The molecule has 7 nitrogen and oxygen atoms in total. The molecular weight excluding hydrogens is 330 g/mol. The largest absolute Gasteiger partial charge is 0.311 e. The number of carbonyl (C=O) groups excluding carboxylic acids is 1. The Morgan fingerprint density at radius 3 is 2.69 bits per heavy atom. The summed E-state index contributed by atoms with van der Waals surface area (Å²) in [5.74, 6) is 0.294. The molecule has 0 radical (unpaired) electrons. The predicted molar refractivity (Wildman–Crippen MR) is 98.2 cm³/mol. The number of nitrogens with one attached hydrogen (secondary N) is 2. The Balaban J connectivity index is 1.64. The van der Waals surface area contributed by atoms with E-state index in [1.54, 1.807) is 25.3 Å². The number of H-pyrrole nitrogens is 1. The first-order chi connectivity index (χ1) is 12.6. The van der Waals surface area contributed by atoms with Crippen LogP contribution in [0.1, 0.15) is 16.2 Å². The number of benzene rings is 1. The van der Waals surface area contributed by atoms with Crippen LogP contribution in [-0.2, 0) is 0 Å². The van der Waals surface area contributed by atoms with Crippen molar-refractivity contribution >= 4 is 17.4 Å². The lowest BCUT2D eigenvalue weighted by Crippen LogP contribution is -2.17. The maximum Gasteiger partial charge on any atom is 0.257 e. The van der Waals surface area contributed by atoms with E-state index in [9.17, 15) is 9.59 Å². The number of pyridine rings is 1. The van der Waals surface area contributed by atoms with Gasteiger partial charge in [0.05, 0.1) is 5.69 Å². The molecule has 0 unspecified atom stereocenters. The Bertz CT molecular complexity index is 1160. The van der Waals surface area contributed by atoms with Crippen molar-refractivity contribution in [2.24, 2.45) is 0 Å². The van der Waals surface area contributed by atoms with Gasteiger partial charge in [0.25, 0.3) is 11.5 Å².